The van der Waals surface area contributed by atoms with Crippen LogP contribution in [0.4, 0.5) is 0 Å². The lowest BCUT2D eigenvalue weighted by molar-refractivity contribution is -0.125. The highest BCUT2D eigenvalue weighted by atomic mass is 16.2. The number of nitrogens with one attached hydrogen (secondary N) is 1. The largest absolute Gasteiger partial charge is 0.354 e. The first kappa shape index (κ1) is 9.52. The molecule has 3 nitrogen and oxygen atoms in total. The zero-order chi connectivity index (χ0) is 9.14. The highest BCUT2D eigenvalue weighted by molar-refractivity contribution is 5.79. The number of hydrogen-bond acceptors (Lipinski definition) is 2. The molecule has 1 amide bonds. The Morgan fingerprint density at radius 2 is 2.25 bits per heavy atom. The maximum absolute atomic E-state index is 11.5. The summed E-state index contributed by atoms with van der Waals surface area (Å²) in [7, 11) is 2.06. The lowest BCUT2D eigenvalue weighted by Crippen LogP contribution is -2.36. The maximum atomic E-state index is 11.5. The molecule has 1 fully saturated rings. The van der Waals surface area contributed by atoms with E-state index in [4.69, 9.17) is 0 Å². The fraction of sp³-hybridized carbons (Fsp3) is 0.889. The highest BCUT2D eigenvalue weighted by Gasteiger charge is 2.25. The van der Waals surface area contributed by atoms with Crippen LogP contribution in [0.5, 0.6) is 0 Å². The number of amides is 1. The summed E-state index contributed by atoms with van der Waals surface area (Å²) >= 11 is 0. The molecule has 1 heterocycles. The summed E-state index contributed by atoms with van der Waals surface area (Å²) in [6, 6.07) is 0.267. The molecule has 1 saturated heterocycles. The van der Waals surface area contributed by atoms with Crippen LogP contribution in [0.25, 0.3) is 0 Å². The van der Waals surface area contributed by atoms with Gasteiger partial charge >= 0.3 is 0 Å². The van der Waals surface area contributed by atoms with Crippen LogP contribution in [0, 0.1) is 5.92 Å². The number of hydrogen-bond donors (Lipinski definition) is 1. The van der Waals surface area contributed by atoms with Crippen LogP contribution in [-0.2, 0) is 4.79 Å². The second-order valence-electron chi connectivity index (χ2n) is 3.91. The van der Waals surface area contributed by atoms with Gasteiger partial charge in [-0.3, -0.25) is 4.79 Å². The molecule has 0 saturated carbocycles. The Hall–Kier alpha value is -0.570. The van der Waals surface area contributed by atoms with Gasteiger partial charge < -0.3 is 10.2 Å². The summed E-state index contributed by atoms with van der Waals surface area (Å²) in [5, 5.41) is 2.94. The molecule has 0 bridgehead atoms. The molecular formula is C9H18N2O. The smallest absolute Gasteiger partial charge is 0.224 e. The Labute approximate surface area is 74.1 Å². The lowest BCUT2D eigenvalue weighted by Gasteiger charge is -2.13. The van der Waals surface area contributed by atoms with Crippen molar-refractivity contribution in [1.82, 2.24) is 10.2 Å². The van der Waals surface area contributed by atoms with Gasteiger partial charge in [0.05, 0.1) is 5.92 Å². The van der Waals surface area contributed by atoms with E-state index in [1.54, 1.807) is 0 Å². The standard InChI is InChI=1S/C9H18N2O/c1-7(2)10-9(12)8-4-5-11(3)6-8/h7-8H,4-6H2,1-3H3,(H,10,12). The molecule has 70 valence electrons. The number of carbonyl (C=O) groups is 1. The molecule has 1 rings (SSSR count). The molecule has 0 aliphatic carbocycles. The Bertz CT molecular complexity index is 168. The second kappa shape index (κ2) is 3.90. The molecule has 0 spiro atoms. The van der Waals surface area contributed by atoms with Crippen LogP contribution in [0.1, 0.15) is 20.3 Å². The third kappa shape index (κ3) is 2.48. The van der Waals surface area contributed by atoms with Gasteiger partial charge in [-0.1, -0.05) is 0 Å². The minimum atomic E-state index is 0.217. The molecule has 1 unspecified atom stereocenters. The van der Waals surface area contributed by atoms with Crippen LogP contribution >= 0.6 is 0 Å². The van der Waals surface area contributed by atoms with E-state index in [2.05, 4.69) is 17.3 Å². The average Bonchev–Trinajstić information content (AvgIpc) is 2.34. The predicted molar refractivity (Wildman–Crippen MR) is 48.9 cm³/mol. The summed E-state index contributed by atoms with van der Waals surface area (Å²) in [5.41, 5.74) is 0. The van der Waals surface area contributed by atoms with E-state index < -0.39 is 0 Å². The molecule has 3 heteroatoms. The monoisotopic (exact) mass is 170 g/mol. The van der Waals surface area contributed by atoms with Crippen molar-refractivity contribution < 1.29 is 4.79 Å². The Morgan fingerprint density at radius 3 is 2.67 bits per heavy atom. The molecule has 1 aliphatic rings. The minimum Gasteiger partial charge on any atom is -0.354 e. The number of carbonyl (C=O) groups excluding carboxylic acids is 1. The van der Waals surface area contributed by atoms with Crippen molar-refractivity contribution in [3.05, 3.63) is 0 Å². The van der Waals surface area contributed by atoms with Crippen molar-refractivity contribution in [2.45, 2.75) is 26.3 Å². The topological polar surface area (TPSA) is 32.3 Å². The van der Waals surface area contributed by atoms with Gasteiger partial charge in [0, 0.05) is 12.6 Å². The van der Waals surface area contributed by atoms with Crippen molar-refractivity contribution in [3.63, 3.8) is 0 Å². The third-order valence-electron chi connectivity index (χ3n) is 2.19. The van der Waals surface area contributed by atoms with Gasteiger partial charge in [0.25, 0.3) is 0 Å². The van der Waals surface area contributed by atoms with Crippen LogP contribution in [0.3, 0.4) is 0 Å². The maximum Gasteiger partial charge on any atom is 0.224 e. The Morgan fingerprint density at radius 1 is 1.58 bits per heavy atom. The number of nitrogens with zero attached hydrogens (tertiary/aromatic N) is 1. The summed E-state index contributed by atoms with van der Waals surface area (Å²) in [5.74, 6) is 0.437. The molecule has 0 aromatic carbocycles. The van der Waals surface area contributed by atoms with Crippen LogP contribution in [0.2, 0.25) is 0 Å². The second-order valence-corrected chi connectivity index (χ2v) is 3.91. The van der Waals surface area contributed by atoms with E-state index in [9.17, 15) is 4.79 Å². The fourth-order valence-corrected chi connectivity index (χ4v) is 1.55. The van der Waals surface area contributed by atoms with E-state index in [-0.39, 0.29) is 17.9 Å². The van der Waals surface area contributed by atoms with E-state index in [0.717, 1.165) is 19.5 Å². The summed E-state index contributed by atoms with van der Waals surface area (Å²) < 4.78 is 0. The van der Waals surface area contributed by atoms with Crippen molar-refractivity contribution in [1.29, 1.82) is 0 Å². The summed E-state index contributed by atoms with van der Waals surface area (Å²) in [6.07, 6.45) is 1.01. The van der Waals surface area contributed by atoms with E-state index in [0.29, 0.717) is 0 Å². The Balaban J connectivity index is 2.33. The van der Waals surface area contributed by atoms with Gasteiger partial charge in [0.1, 0.15) is 0 Å². The molecule has 1 N–H and O–H groups in total. The predicted octanol–water partition coefficient (Wildman–Crippen LogP) is 0.463. The van der Waals surface area contributed by atoms with Gasteiger partial charge in [-0.15, -0.1) is 0 Å². The molecular weight excluding hydrogens is 152 g/mol. The van der Waals surface area contributed by atoms with Gasteiger partial charge in [0.15, 0.2) is 0 Å². The molecule has 1 aliphatic heterocycles. The highest BCUT2D eigenvalue weighted by Crippen LogP contribution is 2.14. The first-order valence-corrected chi connectivity index (χ1v) is 4.58. The van der Waals surface area contributed by atoms with Crippen molar-refractivity contribution in [3.8, 4) is 0 Å². The number of rotatable bonds is 2. The van der Waals surface area contributed by atoms with Crippen LogP contribution in [0.15, 0.2) is 0 Å². The lowest BCUT2D eigenvalue weighted by atomic mass is 10.1. The zero-order valence-electron chi connectivity index (χ0n) is 8.13. The minimum absolute atomic E-state index is 0.217. The fourth-order valence-electron chi connectivity index (χ4n) is 1.55. The SMILES string of the molecule is CC(C)NC(=O)C1CCN(C)C1. The first-order valence-electron chi connectivity index (χ1n) is 4.58. The van der Waals surface area contributed by atoms with Gasteiger partial charge in [0.2, 0.25) is 5.91 Å². The average molecular weight is 170 g/mol. The van der Waals surface area contributed by atoms with Gasteiger partial charge in [-0.2, -0.15) is 0 Å². The summed E-state index contributed by atoms with van der Waals surface area (Å²) in [6.45, 7) is 5.96. The zero-order valence-corrected chi connectivity index (χ0v) is 8.13. The third-order valence-corrected chi connectivity index (χ3v) is 2.19. The van der Waals surface area contributed by atoms with Crippen molar-refractivity contribution >= 4 is 5.91 Å². The molecule has 0 aromatic heterocycles. The molecule has 0 aromatic rings. The van der Waals surface area contributed by atoms with Gasteiger partial charge in [-0.25, -0.2) is 0 Å². The van der Waals surface area contributed by atoms with E-state index in [1.165, 1.54) is 0 Å². The first-order chi connectivity index (χ1) is 5.59. The van der Waals surface area contributed by atoms with E-state index in [1.807, 2.05) is 13.8 Å². The van der Waals surface area contributed by atoms with Crippen molar-refractivity contribution in [2.75, 3.05) is 20.1 Å². The number of likely N-dealkylation sites (tertiary alicyclic amines) is 1. The van der Waals surface area contributed by atoms with Crippen LogP contribution in [-0.4, -0.2) is 37.0 Å². The summed E-state index contributed by atoms with van der Waals surface area (Å²) in [4.78, 5) is 13.7. The van der Waals surface area contributed by atoms with Crippen molar-refractivity contribution in [2.24, 2.45) is 5.92 Å². The molecule has 0 radical (unpaired) electrons. The molecule has 1 atom stereocenters. The van der Waals surface area contributed by atoms with E-state index >= 15 is 0 Å². The quantitative estimate of drug-likeness (QED) is 0.653. The van der Waals surface area contributed by atoms with Crippen LogP contribution < -0.4 is 5.32 Å². The van der Waals surface area contributed by atoms with Gasteiger partial charge in [-0.05, 0) is 33.9 Å². The Kier molecular flexibility index (Phi) is 3.09. The molecule has 12 heavy (non-hydrogen) atoms. The normalized spacial score (nSPS) is 24.8.